The first kappa shape index (κ1) is 39.0. The number of nitrogens with one attached hydrogen (secondary N) is 2. The number of aliphatic hydroxyl groups is 2. The maximum absolute atomic E-state index is 14.2. The van der Waals surface area contributed by atoms with E-state index in [4.69, 9.17) is 25.4 Å². The molecule has 2 aromatic carbocycles. The number of para-hydroxylation sites is 1. The minimum Gasteiger partial charge on any atom is -0.491 e. The molecule has 0 aromatic heterocycles. The van der Waals surface area contributed by atoms with Gasteiger partial charge in [0.05, 0.1) is 19.8 Å². The molecule has 280 valence electrons. The lowest BCUT2D eigenvalue weighted by atomic mass is 9.84. The van der Waals surface area contributed by atoms with E-state index >= 15 is 0 Å². The second-order valence-electron chi connectivity index (χ2n) is 13.4. The van der Waals surface area contributed by atoms with Gasteiger partial charge in [-0.1, -0.05) is 68.0 Å². The topological polar surface area (TPSA) is 167 Å². The molecule has 1 aliphatic carbocycles. The number of hydrogen-bond acceptors (Lipinski definition) is 9. The van der Waals surface area contributed by atoms with E-state index in [9.17, 15) is 29.2 Å². The predicted octanol–water partition coefficient (Wildman–Crippen LogP) is 5.29. The number of hydrogen-bond donors (Lipinski definition) is 4. The van der Waals surface area contributed by atoms with Crippen LogP contribution in [0.1, 0.15) is 81.9 Å². The van der Waals surface area contributed by atoms with Gasteiger partial charge in [0.25, 0.3) is 0 Å². The summed E-state index contributed by atoms with van der Waals surface area (Å²) in [6, 6.07) is 11.2. The fourth-order valence-corrected chi connectivity index (χ4v) is 9.07. The number of urea groups is 1. The van der Waals surface area contributed by atoms with Crippen LogP contribution in [0.3, 0.4) is 0 Å². The van der Waals surface area contributed by atoms with Gasteiger partial charge in [-0.2, -0.15) is 0 Å². The summed E-state index contributed by atoms with van der Waals surface area (Å²) in [6.45, 7) is 4.32. The zero-order chi connectivity index (χ0) is 36.6. The number of halogens is 1. The monoisotopic (exact) mass is 748 g/mol. The standard InChI is InChI=1S/C36H50ClN4O9P/c1-3-49-51(47,50-4-2)34(44)36(46,17-16-32(42)40-18-19-48-31-13-9-8-12-27(31)23-40)39-33(43)30(20-25-10-6-5-7-11-25)38-35(45)41-22-26-14-15-29(37)21-28(26)24-41/h8-9,12-15,21,25,30,34,44,46H,3-7,10-11,16-20,22-24H2,1-2H3,(H,38,45)(H,39,43)/t30-,34?,36?/m0/s1. The zero-order valence-corrected chi connectivity index (χ0v) is 31.0. The van der Waals surface area contributed by atoms with Crippen LogP contribution < -0.4 is 15.4 Å². The van der Waals surface area contributed by atoms with Gasteiger partial charge in [0.2, 0.25) is 17.7 Å². The van der Waals surface area contributed by atoms with Crippen molar-refractivity contribution in [3.8, 4) is 5.75 Å². The molecule has 1 fully saturated rings. The number of amides is 4. The van der Waals surface area contributed by atoms with Gasteiger partial charge in [-0.3, -0.25) is 14.2 Å². The third-order valence-corrected chi connectivity index (χ3v) is 12.3. The molecule has 3 aliphatic rings. The van der Waals surface area contributed by atoms with Crippen LogP contribution in [0.15, 0.2) is 42.5 Å². The molecule has 5 rings (SSSR count). The van der Waals surface area contributed by atoms with Crippen LogP contribution in [0.4, 0.5) is 4.79 Å². The Labute approximate surface area is 304 Å². The number of carbonyl (C=O) groups excluding carboxylic acids is 3. The molecule has 2 aliphatic heterocycles. The third kappa shape index (κ3) is 9.82. The number of aliphatic hydroxyl groups excluding tert-OH is 1. The molecule has 0 bridgehead atoms. The summed E-state index contributed by atoms with van der Waals surface area (Å²) < 4.78 is 30.4. The van der Waals surface area contributed by atoms with Gasteiger partial charge in [0.15, 0.2) is 5.72 Å². The van der Waals surface area contributed by atoms with Crippen LogP contribution in [0.25, 0.3) is 0 Å². The lowest BCUT2D eigenvalue weighted by Gasteiger charge is -2.38. The minimum absolute atomic E-state index is 0.117. The second kappa shape index (κ2) is 17.6. The Hall–Kier alpha value is -3.19. The smallest absolute Gasteiger partial charge is 0.363 e. The van der Waals surface area contributed by atoms with Crippen molar-refractivity contribution in [2.75, 3.05) is 26.4 Å². The van der Waals surface area contributed by atoms with E-state index in [2.05, 4.69) is 10.6 Å². The van der Waals surface area contributed by atoms with Crippen molar-refractivity contribution in [3.05, 3.63) is 64.2 Å². The van der Waals surface area contributed by atoms with Crippen molar-refractivity contribution in [3.63, 3.8) is 0 Å². The maximum atomic E-state index is 14.2. The fourth-order valence-electron chi connectivity index (χ4n) is 7.09. The summed E-state index contributed by atoms with van der Waals surface area (Å²) in [5, 5.41) is 29.6. The van der Waals surface area contributed by atoms with E-state index in [1.165, 1.54) is 0 Å². The summed E-state index contributed by atoms with van der Waals surface area (Å²) >= 11 is 6.18. The molecule has 0 saturated heterocycles. The first-order valence-electron chi connectivity index (χ1n) is 17.9. The SMILES string of the molecule is CCOP(=O)(OCC)C(O)C(O)(CCC(=O)N1CCOc2ccccc2C1)NC(=O)[C@H](CC1CCCCC1)NC(=O)N1Cc2ccc(Cl)cc2C1. The van der Waals surface area contributed by atoms with Crippen LogP contribution >= 0.6 is 19.2 Å². The van der Waals surface area contributed by atoms with Gasteiger partial charge < -0.3 is 44.4 Å². The molecule has 13 nitrogen and oxygen atoms in total. The van der Waals surface area contributed by atoms with Crippen molar-refractivity contribution >= 4 is 37.0 Å². The molecule has 51 heavy (non-hydrogen) atoms. The fraction of sp³-hybridized carbons (Fsp3) is 0.583. The summed E-state index contributed by atoms with van der Waals surface area (Å²) in [6.07, 6.45) is 4.28. The molecule has 2 unspecified atom stereocenters. The van der Waals surface area contributed by atoms with Crippen molar-refractivity contribution in [1.82, 2.24) is 20.4 Å². The molecule has 4 amide bonds. The number of fused-ring (bicyclic) bond motifs is 2. The molecule has 2 aromatic rings. The third-order valence-electron chi connectivity index (χ3n) is 9.80. The minimum atomic E-state index is -4.44. The Kier molecular flexibility index (Phi) is 13.4. The van der Waals surface area contributed by atoms with Crippen LogP contribution in [0, 0.1) is 5.92 Å². The number of carbonyl (C=O) groups is 3. The normalized spacial score (nSPS) is 18.8. The van der Waals surface area contributed by atoms with E-state index in [0.29, 0.717) is 23.9 Å². The molecular formula is C36H50ClN4O9P. The average molecular weight is 749 g/mol. The molecule has 2 heterocycles. The van der Waals surface area contributed by atoms with Crippen LogP contribution in [-0.4, -0.2) is 81.8 Å². The molecule has 4 N–H and O–H groups in total. The number of benzene rings is 2. The summed E-state index contributed by atoms with van der Waals surface area (Å²) in [5.41, 5.74) is 0.0418. The first-order valence-corrected chi connectivity index (χ1v) is 19.9. The predicted molar refractivity (Wildman–Crippen MR) is 191 cm³/mol. The number of rotatable bonds is 14. The van der Waals surface area contributed by atoms with Crippen molar-refractivity contribution in [2.45, 2.75) is 102 Å². The average Bonchev–Trinajstić information content (AvgIpc) is 3.41. The Balaban J connectivity index is 1.36. The quantitative estimate of drug-likeness (QED) is 0.148. The lowest BCUT2D eigenvalue weighted by Crippen LogP contribution is -2.62. The summed E-state index contributed by atoms with van der Waals surface area (Å²) in [7, 11) is -4.44. The highest BCUT2D eigenvalue weighted by atomic mass is 35.5. The summed E-state index contributed by atoms with van der Waals surface area (Å²) in [4.78, 5) is 44.6. The molecular weight excluding hydrogens is 699 g/mol. The van der Waals surface area contributed by atoms with Gasteiger partial charge in [-0.05, 0) is 55.5 Å². The van der Waals surface area contributed by atoms with Crippen LogP contribution in [0.5, 0.6) is 5.75 Å². The Bertz CT molecular complexity index is 1580. The van der Waals surface area contributed by atoms with Gasteiger partial charge in [-0.15, -0.1) is 0 Å². The summed E-state index contributed by atoms with van der Waals surface area (Å²) in [5.74, 6) is -2.61. The number of ether oxygens (including phenoxy) is 1. The van der Waals surface area contributed by atoms with Crippen LogP contribution in [-0.2, 0) is 42.8 Å². The molecule has 3 atom stereocenters. The Morgan fingerprint density at radius 1 is 1.00 bits per heavy atom. The van der Waals surface area contributed by atoms with Gasteiger partial charge in [0.1, 0.15) is 18.4 Å². The van der Waals surface area contributed by atoms with E-state index in [0.717, 1.165) is 48.8 Å². The highest BCUT2D eigenvalue weighted by Gasteiger charge is 2.51. The van der Waals surface area contributed by atoms with Crippen molar-refractivity contribution in [1.29, 1.82) is 0 Å². The largest absolute Gasteiger partial charge is 0.491 e. The Morgan fingerprint density at radius 2 is 1.69 bits per heavy atom. The second-order valence-corrected chi connectivity index (χ2v) is 16.0. The molecule has 0 spiro atoms. The highest BCUT2D eigenvalue weighted by Crippen LogP contribution is 2.55. The molecule has 1 saturated carbocycles. The van der Waals surface area contributed by atoms with Gasteiger partial charge in [-0.25, -0.2) is 4.79 Å². The first-order chi connectivity index (χ1) is 24.4. The van der Waals surface area contributed by atoms with E-state index in [1.807, 2.05) is 36.4 Å². The Morgan fingerprint density at radius 3 is 2.41 bits per heavy atom. The maximum Gasteiger partial charge on any atom is 0.363 e. The van der Waals surface area contributed by atoms with Gasteiger partial charge in [0, 0.05) is 43.1 Å². The molecule has 0 radical (unpaired) electrons. The van der Waals surface area contributed by atoms with Crippen molar-refractivity contribution in [2.24, 2.45) is 5.92 Å². The lowest BCUT2D eigenvalue weighted by molar-refractivity contribution is -0.144. The molecule has 15 heteroatoms. The van der Waals surface area contributed by atoms with Crippen molar-refractivity contribution < 1.29 is 42.9 Å². The van der Waals surface area contributed by atoms with Gasteiger partial charge >= 0.3 is 13.6 Å². The van der Waals surface area contributed by atoms with E-state index < -0.39 is 43.6 Å². The zero-order valence-electron chi connectivity index (χ0n) is 29.4. The van der Waals surface area contributed by atoms with Crippen LogP contribution in [0.2, 0.25) is 5.02 Å². The highest BCUT2D eigenvalue weighted by molar-refractivity contribution is 7.54. The van der Waals surface area contributed by atoms with E-state index in [-0.39, 0.29) is 57.6 Å². The number of nitrogens with zero attached hydrogens (tertiary/aromatic N) is 2. The van der Waals surface area contributed by atoms with E-state index in [1.54, 1.807) is 29.7 Å².